The van der Waals surface area contributed by atoms with Crippen molar-refractivity contribution in [3.05, 3.63) is 59.2 Å². The lowest BCUT2D eigenvalue weighted by atomic mass is 10.1. The van der Waals surface area contributed by atoms with Gasteiger partial charge in [0.15, 0.2) is 0 Å². The Bertz CT molecular complexity index is 811. The number of benzene rings is 2. The number of methoxy groups -OCH3 is 1. The summed E-state index contributed by atoms with van der Waals surface area (Å²) in [5.41, 5.74) is 3.83. The van der Waals surface area contributed by atoms with Crippen LogP contribution in [0.1, 0.15) is 23.1 Å². The van der Waals surface area contributed by atoms with Crippen molar-refractivity contribution in [3.8, 4) is 11.5 Å². The fraction of sp³-hybridized carbons (Fsp3) is 0.435. The highest BCUT2D eigenvalue weighted by molar-refractivity contribution is 5.76. The van der Waals surface area contributed by atoms with Gasteiger partial charge in [-0.3, -0.25) is 9.69 Å². The molecule has 2 aromatic carbocycles. The molecule has 0 saturated carbocycles. The maximum Gasteiger partial charge on any atom is 0.222 e. The monoisotopic (exact) mass is 380 g/mol. The second-order valence-corrected chi connectivity index (χ2v) is 7.55. The minimum atomic E-state index is 0.255. The number of carbonyl (C=O) groups excluding carboxylic acids is 1. The molecule has 4 rings (SSSR count). The number of amides is 1. The van der Waals surface area contributed by atoms with Gasteiger partial charge in [-0.05, 0) is 41.3 Å². The normalized spacial score (nSPS) is 16.5. The van der Waals surface area contributed by atoms with Gasteiger partial charge in [-0.15, -0.1) is 0 Å². The van der Waals surface area contributed by atoms with Crippen molar-refractivity contribution in [2.24, 2.45) is 0 Å². The van der Waals surface area contributed by atoms with E-state index >= 15 is 0 Å². The number of carbonyl (C=O) groups is 1. The molecule has 0 spiro atoms. The lowest BCUT2D eigenvalue weighted by Gasteiger charge is -2.35. The Hall–Kier alpha value is -2.53. The van der Waals surface area contributed by atoms with Crippen LogP contribution < -0.4 is 9.47 Å². The Morgan fingerprint density at radius 1 is 1.04 bits per heavy atom. The Morgan fingerprint density at radius 2 is 1.79 bits per heavy atom. The molecular formula is C23H28N2O3. The lowest BCUT2D eigenvalue weighted by molar-refractivity contribution is -0.133. The van der Waals surface area contributed by atoms with Gasteiger partial charge in [0, 0.05) is 45.6 Å². The predicted molar refractivity (Wildman–Crippen MR) is 109 cm³/mol. The molecule has 0 atom stereocenters. The first-order chi connectivity index (χ1) is 13.7. The van der Waals surface area contributed by atoms with Crippen molar-refractivity contribution in [1.82, 2.24) is 9.80 Å². The van der Waals surface area contributed by atoms with E-state index in [2.05, 4.69) is 23.1 Å². The van der Waals surface area contributed by atoms with E-state index in [4.69, 9.17) is 9.47 Å². The summed E-state index contributed by atoms with van der Waals surface area (Å²) in [6, 6.07) is 14.5. The van der Waals surface area contributed by atoms with E-state index in [0.29, 0.717) is 6.42 Å². The van der Waals surface area contributed by atoms with Gasteiger partial charge in [0.1, 0.15) is 11.5 Å². The van der Waals surface area contributed by atoms with Crippen LogP contribution in [-0.2, 0) is 24.2 Å². The summed E-state index contributed by atoms with van der Waals surface area (Å²) in [7, 11) is 1.66. The van der Waals surface area contributed by atoms with Gasteiger partial charge in [0.25, 0.3) is 0 Å². The Labute approximate surface area is 166 Å². The van der Waals surface area contributed by atoms with Gasteiger partial charge in [0.05, 0.1) is 13.7 Å². The number of piperazine rings is 1. The number of rotatable bonds is 6. The van der Waals surface area contributed by atoms with Crippen LogP contribution in [0.3, 0.4) is 0 Å². The summed E-state index contributed by atoms with van der Waals surface area (Å²) in [6.45, 7) is 5.24. The summed E-state index contributed by atoms with van der Waals surface area (Å²) >= 11 is 0. The maximum absolute atomic E-state index is 12.6. The van der Waals surface area contributed by atoms with Gasteiger partial charge < -0.3 is 14.4 Å². The molecule has 2 aromatic rings. The minimum Gasteiger partial charge on any atom is -0.497 e. The van der Waals surface area contributed by atoms with E-state index in [1.165, 1.54) is 16.7 Å². The highest BCUT2D eigenvalue weighted by atomic mass is 16.5. The molecule has 1 amide bonds. The van der Waals surface area contributed by atoms with Crippen molar-refractivity contribution in [1.29, 1.82) is 0 Å². The largest absolute Gasteiger partial charge is 0.497 e. The molecule has 0 aliphatic carbocycles. The van der Waals surface area contributed by atoms with Crippen LogP contribution in [0.25, 0.3) is 0 Å². The van der Waals surface area contributed by atoms with Crippen LogP contribution in [0.15, 0.2) is 42.5 Å². The number of hydrogen-bond acceptors (Lipinski definition) is 4. The van der Waals surface area contributed by atoms with Crippen molar-refractivity contribution in [2.45, 2.75) is 25.8 Å². The fourth-order valence-corrected chi connectivity index (χ4v) is 3.95. The second kappa shape index (κ2) is 8.65. The van der Waals surface area contributed by atoms with Gasteiger partial charge in [-0.1, -0.05) is 24.3 Å². The molecule has 148 valence electrons. The van der Waals surface area contributed by atoms with E-state index in [-0.39, 0.29) is 5.91 Å². The third-order valence-corrected chi connectivity index (χ3v) is 5.67. The van der Waals surface area contributed by atoms with Crippen LogP contribution >= 0.6 is 0 Å². The molecule has 1 saturated heterocycles. The minimum absolute atomic E-state index is 0.255. The Morgan fingerprint density at radius 3 is 2.54 bits per heavy atom. The molecular weight excluding hydrogens is 352 g/mol. The average Bonchev–Trinajstić information content (AvgIpc) is 3.21. The van der Waals surface area contributed by atoms with E-state index in [9.17, 15) is 4.79 Å². The highest BCUT2D eigenvalue weighted by Crippen LogP contribution is 2.26. The molecule has 1 fully saturated rings. The zero-order valence-corrected chi connectivity index (χ0v) is 16.5. The van der Waals surface area contributed by atoms with E-state index in [1.807, 2.05) is 29.2 Å². The molecule has 5 nitrogen and oxygen atoms in total. The van der Waals surface area contributed by atoms with Gasteiger partial charge in [-0.25, -0.2) is 0 Å². The molecule has 5 heteroatoms. The zero-order chi connectivity index (χ0) is 19.3. The average molecular weight is 380 g/mol. The number of ether oxygens (including phenoxy) is 2. The number of aryl methyl sites for hydroxylation is 1. The zero-order valence-electron chi connectivity index (χ0n) is 16.5. The molecule has 2 aliphatic rings. The molecule has 28 heavy (non-hydrogen) atoms. The summed E-state index contributed by atoms with van der Waals surface area (Å²) in [4.78, 5) is 17.0. The molecule has 2 aliphatic heterocycles. The molecule has 0 aromatic heterocycles. The first kappa shape index (κ1) is 18.8. The summed E-state index contributed by atoms with van der Waals surface area (Å²) in [5, 5.41) is 0. The molecule has 0 unspecified atom stereocenters. The van der Waals surface area contributed by atoms with Crippen LogP contribution in [0, 0.1) is 0 Å². The number of nitrogens with zero attached hydrogens (tertiary/aromatic N) is 2. The maximum atomic E-state index is 12.6. The molecule has 2 heterocycles. The lowest BCUT2D eigenvalue weighted by Crippen LogP contribution is -2.48. The van der Waals surface area contributed by atoms with Crippen LogP contribution in [0.2, 0.25) is 0 Å². The predicted octanol–water partition coefficient (Wildman–Crippen LogP) is 2.91. The molecule has 0 radical (unpaired) electrons. The van der Waals surface area contributed by atoms with E-state index in [0.717, 1.165) is 63.7 Å². The Balaban J connectivity index is 1.22. The smallest absolute Gasteiger partial charge is 0.222 e. The van der Waals surface area contributed by atoms with Crippen molar-refractivity contribution >= 4 is 5.91 Å². The second-order valence-electron chi connectivity index (χ2n) is 7.55. The summed E-state index contributed by atoms with van der Waals surface area (Å²) in [5.74, 6) is 2.14. The first-order valence-electron chi connectivity index (χ1n) is 10.1. The number of hydrogen-bond donors (Lipinski definition) is 0. The summed E-state index contributed by atoms with van der Waals surface area (Å²) in [6.07, 6.45) is 2.36. The third kappa shape index (κ3) is 4.47. The first-order valence-corrected chi connectivity index (χ1v) is 10.1. The van der Waals surface area contributed by atoms with E-state index in [1.54, 1.807) is 7.11 Å². The molecule has 0 bridgehead atoms. The van der Waals surface area contributed by atoms with Gasteiger partial charge >= 0.3 is 0 Å². The summed E-state index contributed by atoms with van der Waals surface area (Å²) < 4.78 is 10.8. The highest BCUT2D eigenvalue weighted by Gasteiger charge is 2.21. The van der Waals surface area contributed by atoms with Crippen molar-refractivity contribution in [3.63, 3.8) is 0 Å². The SMILES string of the molecule is COc1ccc(CCC(=O)N2CCN(Cc3ccc4c(c3)CCO4)CC2)cc1. The standard InChI is InChI=1S/C23H28N2O3/c1-27-21-6-2-18(3-7-21)5-9-23(26)25-13-11-24(12-14-25)17-19-4-8-22-20(16-19)10-15-28-22/h2-4,6-8,16H,5,9-15,17H2,1H3. The molecule has 0 N–H and O–H groups in total. The third-order valence-electron chi connectivity index (χ3n) is 5.67. The van der Waals surface area contributed by atoms with Crippen molar-refractivity contribution in [2.75, 3.05) is 39.9 Å². The number of fused-ring (bicyclic) bond motifs is 1. The van der Waals surface area contributed by atoms with Gasteiger partial charge in [-0.2, -0.15) is 0 Å². The van der Waals surface area contributed by atoms with Crippen LogP contribution in [0.5, 0.6) is 11.5 Å². The van der Waals surface area contributed by atoms with Crippen LogP contribution in [0.4, 0.5) is 0 Å². The van der Waals surface area contributed by atoms with E-state index < -0.39 is 0 Å². The topological polar surface area (TPSA) is 42.0 Å². The van der Waals surface area contributed by atoms with Gasteiger partial charge in [0.2, 0.25) is 5.91 Å². The quantitative estimate of drug-likeness (QED) is 0.773. The fourth-order valence-electron chi connectivity index (χ4n) is 3.95. The van der Waals surface area contributed by atoms with Crippen LogP contribution in [-0.4, -0.2) is 55.6 Å². The van der Waals surface area contributed by atoms with Crippen molar-refractivity contribution < 1.29 is 14.3 Å². The Kier molecular flexibility index (Phi) is 5.81.